The van der Waals surface area contributed by atoms with E-state index in [-0.39, 0.29) is 18.7 Å². The molecule has 23 heavy (non-hydrogen) atoms. The Kier molecular flexibility index (Phi) is 6.58. The molecule has 0 fully saturated rings. The number of carboxylic acids is 1. The molecule has 0 aliphatic rings. The van der Waals surface area contributed by atoms with E-state index < -0.39 is 12.0 Å². The molecule has 0 heterocycles. The minimum absolute atomic E-state index is 0.243. The molecular formula is C18H18INO3. The lowest BCUT2D eigenvalue weighted by Crippen LogP contribution is -2.42. The molecule has 2 N–H and O–H groups in total. The summed E-state index contributed by atoms with van der Waals surface area (Å²) in [6.07, 6.45) is 1.16. The summed E-state index contributed by atoms with van der Waals surface area (Å²) in [6.45, 7) is 0. The van der Waals surface area contributed by atoms with Crippen LogP contribution in [0.25, 0.3) is 0 Å². The van der Waals surface area contributed by atoms with E-state index in [0.29, 0.717) is 6.42 Å². The van der Waals surface area contributed by atoms with Gasteiger partial charge in [0.15, 0.2) is 0 Å². The van der Waals surface area contributed by atoms with Crippen molar-refractivity contribution in [2.45, 2.75) is 25.3 Å². The number of halogens is 1. The van der Waals surface area contributed by atoms with Crippen LogP contribution in [0.3, 0.4) is 0 Å². The van der Waals surface area contributed by atoms with Crippen molar-refractivity contribution in [2.24, 2.45) is 0 Å². The molecule has 0 aliphatic heterocycles. The summed E-state index contributed by atoms with van der Waals surface area (Å²) in [5.41, 5.74) is 1.98. The first-order chi connectivity index (χ1) is 11.1. The van der Waals surface area contributed by atoms with Crippen molar-refractivity contribution in [3.05, 3.63) is 69.3 Å². The maximum absolute atomic E-state index is 12.0. The highest BCUT2D eigenvalue weighted by molar-refractivity contribution is 14.1. The van der Waals surface area contributed by atoms with Crippen LogP contribution in [0, 0.1) is 3.57 Å². The van der Waals surface area contributed by atoms with Gasteiger partial charge in [0.05, 0.1) is 0 Å². The summed E-state index contributed by atoms with van der Waals surface area (Å²) < 4.78 is 0.995. The lowest BCUT2D eigenvalue weighted by Gasteiger charge is -2.15. The molecule has 0 aromatic heterocycles. The number of carbonyl (C=O) groups excluding carboxylic acids is 1. The van der Waals surface area contributed by atoms with Gasteiger partial charge in [0.25, 0.3) is 0 Å². The Labute approximate surface area is 149 Å². The summed E-state index contributed by atoms with van der Waals surface area (Å²) in [5, 5.41) is 12.0. The lowest BCUT2D eigenvalue weighted by atomic mass is 10.1. The molecule has 120 valence electrons. The Hall–Kier alpha value is -1.89. The number of benzene rings is 2. The van der Waals surface area contributed by atoms with Crippen molar-refractivity contribution in [1.82, 2.24) is 5.32 Å². The first-order valence-electron chi connectivity index (χ1n) is 7.36. The van der Waals surface area contributed by atoms with E-state index in [9.17, 15) is 14.7 Å². The van der Waals surface area contributed by atoms with Gasteiger partial charge in [-0.15, -0.1) is 0 Å². The molecule has 0 radical (unpaired) electrons. The Balaban J connectivity index is 1.92. The van der Waals surface area contributed by atoms with Crippen LogP contribution in [0.2, 0.25) is 0 Å². The number of amides is 1. The van der Waals surface area contributed by atoms with Crippen molar-refractivity contribution in [1.29, 1.82) is 0 Å². The van der Waals surface area contributed by atoms with E-state index >= 15 is 0 Å². The average Bonchev–Trinajstić information content (AvgIpc) is 2.55. The summed E-state index contributed by atoms with van der Waals surface area (Å²) in [5.74, 6) is -1.26. The fraction of sp³-hybridized carbons (Fsp3) is 0.222. The normalized spacial score (nSPS) is 11.7. The molecule has 1 atom stereocenters. The predicted octanol–water partition coefficient (Wildman–Crippen LogP) is 3.04. The molecule has 2 rings (SSSR count). The minimum Gasteiger partial charge on any atom is -0.480 e. The standard InChI is InChI=1S/C18H18INO3/c19-15-9-5-4-8-14(15)12-16(18(22)23)20-17(21)11-10-13-6-2-1-3-7-13/h1-9,16H,10-12H2,(H,20,21)(H,22,23)/t16-/m0/s1. The van der Waals surface area contributed by atoms with Gasteiger partial charge in [0.1, 0.15) is 6.04 Å². The lowest BCUT2D eigenvalue weighted by molar-refractivity contribution is -0.141. The highest BCUT2D eigenvalue weighted by atomic mass is 127. The smallest absolute Gasteiger partial charge is 0.326 e. The molecule has 0 unspecified atom stereocenters. The number of carboxylic acid groups (broad SMARTS) is 1. The molecule has 0 saturated heterocycles. The molecule has 5 heteroatoms. The number of nitrogens with one attached hydrogen (secondary N) is 1. The van der Waals surface area contributed by atoms with Gasteiger partial charge in [-0.1, -0.05) is 48.5 Å². The number of carbonyl (C=O) groups is 2. The zero-order chi connectivity index (χ0) is 16.7. The monoisotopic (exact) mass is 423 g/mol. The minimum atomic E-state index is -1.02. The maximum atomic E-state index is 12.0. The van der Waals surface area contributed by atoms with Crippen LogP contribution in [0.15, 0.2) is 54.6 Å². The molecule has 0 saturated carbocycles. The van der Waals surface area contributed by atoms with Gasteiger partial charge < -0.3 is 10.4 Å². The van der Waals surface area contributed by atoms with E-state index in [1.807, 2.05) is 54.6 Å². The van der Waals surface area contributed by atoms with Crippen molar-refractivity contribution < 1.29 is 14.7 Å². The van der Waals surface area contributed by atoms with Crippen LogP contribution in [0.4, 0.5) is 0 Å². The number of aliphatic carboxylic acids is 1. The van der Waals surface area contributed by atoms with Gasteiger partial charge in [-0.2, -0.15) is 0 Å². The van der Waals surface area contributed by atoms with E-state index in [4.69, 9.17) is 0 Å². The predicted molar refractivity (Wildman–Crippen MR) is 97.2 cm³/mol. The zero-order valence-corrected chi connectivity index (χ0v) is 14.7. The topological polar surface area (TPSA) is 66.4 Å². The second kappa shape index (κ2) is 8.67. The molecule has 0 bridgehead atoms. The Morgan fingerprint density at radius 3 is 2.35 bits per heavy atom. The molecule has 4 nitrogen and oxygen atoms in total. The molecule has 1 amide bonds. The van der Waals surface area contributed by atoms with Gasteiger partial charge in [0.2, 0.25) is 5.91 Å². The first kappa shape index (κ1) is 17.5. The highest BCUT2D eigenvalue weighted by Crippen LogP contribution is 2.14. The van der Waals surface area contributed by atoms with Crippen LogP contribution in [-0.2, 0) is 22.4 Å². The maximum Gasteiger partial charge on any atom is 0.326 e. The number of hydrogen-bond donors (Lipinski definition) is 2. The number of aryl methyl sites for hydroxylation is 1. The van der Waals surface area contributed by atoms with Crippen LogP contribution in [0.5, 0.6) is 0 Å². The Morgan fingerprint density at radius 2 is 1.70 bits per heavy atom. The van der Waals surface area contributed by atoms with Crippen molar-refractivity contribution in [3.8, 4) is 0 Å². The van der Waals surface area contributed by atoms with Crippen LogP contribution < -0.4 is 5.32 Å². The third kappa shape index (κ3) is 5.67. The SMILES string of the molecule is O=C(CCc1ccccc1)N[C@@H](Cc1ccccc1I)C(=O)O. The molecule has 2 aromatic carbocycles. The molecule has 2 aromatic rings. The fourth-order valence-corrected chi connectivity index (χ4v) is 2.86. The van der Waals surface area contributed by atoms with Crippen LogP contribution >= 0.6 is 22.6 Å². The summed E-state index contributed by atoms with van der Waals surface area (Å²) in [7, 11) is 0. The fourth-order valence-electron chi connectivity index (χ4n) is 2.25. The summed E-state index contributed by atoms with van der Waals surface area (Å²) in [6, 6.07) is 16.3. The number of rotatable bonds is 7. The summed E-state index contributed by atoms with van der Waals surface area (Å²) >= 11 is 2.17. The Bertz CT molecular complexity index is 673. The molecule has 0 spiro atoms. The Morgan fingerprint density at radius 1 is 1.04 bits per heavy atom. The largest absolute Gasteiger partial charge is 0.480 e. The van der Waals surface area contributed by atoms with Gasteiger partial charge in [-0.3, -0.25) is 4.79 Å². The third-order valence-electron chi connectivity index (χ3n) is 3.50. The van der Waals surface area contributed by atoms with Gasteiger partial charge >= 0.3 is 5.97 Å². The van der Waals surface area contributed by atoms with Gasteiger partial charge in [-0.05, 0) is 46.2 Å². The second-order valence-corrected chi connectivity index (χ2v) is 6.40. The number of hydrogen-bond acceptors (Lipinski definition) is 2. The molecule has 0 aliphatic carbocycles. The third-order valence-corrected chi connectivity index (χ3v) is 4.55. The van der Waals surface area contributed by atoms with Crippen molar-refractivity contribution in [2.75, 3.05) is 0 Å². The van der Waals surface area contributed by atoms with E-state index in [2.05, 4.69) is 27.9 Å². The summed E-state index contributed by atoms with van der Waals surface area (Å²) in [4.78, 5) is 23.4. The van der Waals surface area contributed by atoms with Crippen LogP contribution in [-0.4, -0.2) is 23.0 Å². The average molecular weight is 423 g/mol. The molecular weight excluding hydrogens is 405 g/mol. The van der Waals surface area contributed by atoms with E-state index in [1.54, 1.807) is 0 Å². The van der Waals surface area contributed by atoms with Crippen LogP contribution in [0.1, 0.15) is 17.5 Å². The van der Waals surface area contributed by atoms with Gasteiger partial charge in [0, 0.05) is 16.4 Å². The van der Waals surface area contributed by atoms with Crippen molar-refractivity contribution >= 4 is 34.5 Å². The van der Waals surface area contributed by atoms with E-state index in [0.717, 1.165) is 14.7 Å². The zero-order valence-electron chi connectivity index (χ0n) is 12.5. The highest BCUT2D eigenvalue weighted by Gasteiger charge is 2.21. The first-order valence-corrected chi connectivity index (χ1v) is 8.43. The second-order valence-electron chi connectivity index (χ2n) is 5.24. The van der Waals surface area contributed by atoms with Gasteiger partial charge in [-0.25, -0.2) is 4.79 Å². The van der Waals surface area contributed by atoms with Crippen molar-refractivity contribution in [3.63, 3.8) is 0 Å². The van der Waals surface area contributed by atoms with E-state index in [1.165, 1.54) is 0 Å². The quantitative estimate of drug-likeness (QED) is 0.673.